The predicted octanol–water partition coefficient (Wildman–Crippen LogP) is 4.55. The third-order valence-corrected chi connectivity index (χ3v) is 7.54. The zero-order valence-corrected chi connectivity index (χ0v) is 22.2. The van der Waals surface area contributed by atoms with Crippen LogP contribution in [0.1, 0.15) is 42.9 Å². The number of nitrogens with one attached hydrogen (secondary N) is 1. The van der Waals surface area contributed by atoms with Gasteiger partial charge >= 0.3 is 0 Å². The summed E-state index contributed by atoms with van der Waals surface area (Å²) >= 11 is 1.50. The lowest BCUT2D eigenvalue weighted by molar-refractivity contribution is -0.127. The van der Waals surface area contributed by atoms with E-state index in [1.165, 1.54) is 21.0 Å². The van der Waals surface area contributed by atoms with E-state index in [1.54, 1.807) is 31.4 Å². The Morgan fingerprint density at radius 3 is 2.63 bits per heavy atom. The number of anilines is 1. The molecule has 2 aromatic heterocycles. The Kier molecular flexibility index (Phi) is 7.78. The number of hydrogen-bond acceptors (Lipinski definition) is 7. The van der Waals surface area contributed by atoms with Gasteiger partial charge in [0.15, 0.2) is 0 Å². The van der Waals surface area contributed by atoms with Crippen LogP contribution >= 0.6 is 11.3 Å². The number of benzene rings is 2. The highest BCUT2D eigenvalue weighted by Gasteiger charge is 2.35. The summed E-state index contributed by atoms with van der Waals surface area (Å²) in [6, 6.07) is 17.9. The first-order valence-electron chi connectivity index (χ1n) is 12.7. The summed E-state index contributed by atoms with van der Waals surface area (Å²) in [4.78, 5) is 31.5. The molecule has 2 amide bonds. The lowest BCUT2D eigenvalue weighted by Gasteiger charge is -2.32. The molecule has 10 heteroatoms. The van der Waals surface area contributed by atoms with Crippen LogP contribution in [0.2, 0.25) is 0 Å². The second-order valence-electron chi connectivity index (χ2n) is 9.39. The molecule has 2 aromatic carbocycles. The average molecular weight is 531 g/mol. The summed E-state index contributed by atoms with van der Waals surface area (Å²) in [5.41, 5.74) is 2.32. The van der Waals surface area contributed by atoms with Crippen molar-refractivity contribution in [1.82, 2.24) is 25.5 Å². The average Bonchev–Trinajstić information content (AvgIpc) is 3.71. The van der Waals surface area contributed by atoms with Crippen LogP contribution in [0, 0.1) is 6.92 Å². The van der Waals surface area contributed by atoms with Crippen molar-refractivity contribution in [2.24, 2.45) is 0 Å². The van der Waals surface area contributed by atoms with Gasteiger partial charge in [-0.1, -0.05) is 54.8 Å². The summed E-state index contributed by atoms with van der Waals surface area (Å²) in [6.45, 7) is 1.80. The first-order valence-corrected chi connectivity index (χ1v) is 13.5. The largest absolute Gasteiger partial charge is 0.497 e. The van der Waals surface area contributed by atoms with Crippen molar-refractivity contribution in [3.63, 3.8) is 0 Å². The molecule has 1 atom stereocenters. The van der Waals surface area contributed by atoms with Gasteiger partial charge < -0.3 is 10.1 Å². The highest BCUT2D eigenvalue weighted by molar-refractivity contribution is 7.13. The lowest BCUT2D eigenvalue weighted by atomic mass is 10.0. The Balaban J connectivity index is 1.53. The van der Waals surface area contributed by atoms with Crippen molar-refractivity contribution < 1.29 is 14.3 Å². The fraction of sp³-hybridized carbons (Fsp3) is 0.321. The van der Waals surface area contributed by atoms with Gasteiger partial charge in [-0.25, -0.2) is 0 Å². The van der Waals surface area contributed by atoms with Gasteiger partial charge in [-0.15, -0.1) is 21.5 Å². The van der Waals surface area contributed by atoms with Crippen molar-refractivity contribution in [3.8, 4) is 16.5 Å². The van der Waals surface area contributed by atoms with E-state index in [-0.39, 0.29) is 24.4 Å². The van der Waals surface area contributed by atoms with E-state index in [9.17, 15) is 9.59 Å². The monoisotopic (exact) mass is 530 g/mol. The zero-order valence-electron chi connectivity index (χ0n) is 21.4. The van der Waals surface area contributed by atoms with Crippen molar-refractivity contribution in [1.29, 1.82) is 0 Å². The Hall–Kier alpha value is -4.05. The molecule has 1 aliphatic carbocycles. The van der Waals surface area contributed by atoms with Crippen LogP contribution in [0.4, 0.5) is 5.69 Å². The van der Waals surface area contributed by atoms with Crippen LogP contribution in [-0.4, -0.2) is 45.2 Å². The summed E-state index contributed by atoms with van der Waals surface area (Å²) in [6.07, 6.45) is 4.05. The van der Waals surface area contributed by atoms with Gasteiger partial charge in [0.2, 0.25) is 11.7 Å². The van der Waals surface area contributed by atoms with Gasteiger partial charge in [0.25, 0.3) is 5.91 Å². The van der Waals surface area contributed by atoms with E-state index < -0.39 is 6.04 Å². The molecule has 9 nitrogen and oxygen atoms in total. The van der Waals surface area contributed by atoms with Gasteiger partial charge in [-0.2, -0.15) is 4.80 Å². The first kappa shape index (κ1) is 25.6. The lowest BCUT2D eigenvalue weighted by Crippen LogP contribution is -2.47. The van der Waals surface area contributed by atoms with E-state index in [1.807, 2.05) is 48.7 Å². The molecule has 0 bridgehead atoms. The number of amides is 2. The number of methoxy groups -OCH3 is 1. The van der Waals surface area contributed by atoms with Crippen LogP contribution in [0.25, 0.3) is 10.7 Å². The molecule has 0 unspecified atom stereocenters. The molecule has 0 saturated heterocycles. The number of aromatic nitrogens is 4. The van der Waals surface area contributed by atoms with Crippen LogP contribution in [0.5, 0.6) is 5.75 Å². The first-order chi connectivity index (χ1) is 18.5. The molecule has 2 heterocycles. The maximum absolute atomic E-state index is 14.0. The van der Waals surface area contributed by atoms with Crippen molar-refractivity contribution >= 4 is 28.8 Å². The molecule has 0 aliphatic heterocycles. The van der Waals surface area contributed by atoms with E-state index in [0.29, 0.717) is 22.8 Å². The van der Waals surface area contributed by atoms with Gasteiger partial charge in [-0.05, 0) is 54.1 Å². The second kappa shape index (κ2) is 11.6. The minimum absolute atomic E-state index is 0.100. The standard InChI is InChI=1S/C28H30N6O3S/c1-19-12-14-20(15-13-19)26(28(36)29-21-7-3-4-8-21)34(22-9-5-10-23(17-22)37-2)25(35)18-33-31-27(30-32-33)24-11-6-16-38-24/h5-6,9-17,21,26H,3-4,7-8,18H2,1-2H3,(H,29,36)/t26-/m0/s1. The number of tetrazole rings is 1. The maximum Gasteiger partial charge on any atom is 0.251 e. The van der Waals surface area contributed by atoms with Crippen molar-refractivity contribution in [2.45, 2.75) is 51.2 Å². The van der Waals surface area contributed by atoms with Gasteiger partial charge in [0.1, 0.15) is 18.3 Å². The molecule has 38 heavy (non-hydrogen) atoms. The van der Waals surface area contributed by atoms with Crippen LogP contribution in [0.3, 0.4) is 0 Å². The number of aryl methyl sites for hydroxylation is 1. The number of nitrogens with zero attached hydrogens (tertiary/aromatic N) is 5. The van der Waals surface area contributed by atoms with Crippen molar-refractivity contribution in [3.05, 3.63) is 77.2 Å². The van der Waals surface area contributed by atoms with Gasteiger partial charge in [-0.3, -0.25) is 14.5 Å². The van der Waals surface area contributed by atoms with E-state index in [0.717, 1.165) is 36.1 Å². The SMILES string of the molecule is COc1cccc(N(C(=O)Cn2nnc(-c3cccs3)n2)[C@H](C(=O)NC2CCCC2)c2ccc(C)cc2)c1. The Morgan fingerprint density at radius 2 is 1.92 bits per heavy atom. The molecule has 0 spiro atoms. The minimum atomic E-state index is -0.893. The van der Waals surface area contributed by atoms with Crippen LogP contribution in [0.15, 0.2) is 66.0 Å². The van der Waals surface area contributed by atoms with E-state index >= 15 is 0 Å². The molecule has 1 saturated carbocycles. The minimum Gasteiger partial charge on any atom is -0.497 e. The fourth-order valence-corrected chi connectivity index (χ4v) is 5.37. The number of carbonyl (C=O) groups excluding carboxylic acids is 2. The number of carbonyl (C=O) groups is 2. The van der Waals surface area contributed by atoms with Gasteiger partial charge in [0.05, 0.1) is 12.0 Å². The molecule has 1 aliphatic rings. The van der Waals surface area contributed by atoms with Gasteiger partial charge in [0, 0.05) is 17.8 Å². The van der Waals surface area contributed by atoms with Crippen molar-refractivity contribution in [2.75, 3.05) is 12.0 Å². The summed E-state index contributed by atoms with van der Waals surface area (Å²) in [5, 5.41) is 17.7. The number of rotatable bonds is 9. The summed E-state index contributed by atoms with van der Waals surface area (Å²) in [7, 11) is 1.57. The summed E-state index contributed by atoms with van der Waals surface area (Å²) < 4.78 is 5.44. The molecular formula is C28H30N6O3S. The third-order valence-electron chi connectivity index (χ3n) is 6.67. The Bertz CT molecular complexity index is 1380. The zero-order chi connectivity index (χ0) is 26.5. The molecule has 5 rings (SSSR count). The Labute approximate surface area is 225 Å². The highest BCUT2D eigenvalue weighted by Crippen LogP contribution is 2.32. The smallest absolute Gasteiger partial charge is 0.251 e. The molecule has 1 fully saturated rings. The molecule has 196 valence electrons. The summed E-state index contributed by atoms with van der Waals surface area (Å²) in [5.74, 6) is 0.469. The molecule has 4 aromatic rings. The second-order valence-corrected chi connectivity index (χ2v) is 10.3. The predicted molar refractivity (Wildman–Crippen MR) is 146 cm³/mol. The Morgan fingerprint density at radius 1 is 1.13 bits per heavy atom. The maximum atomic E-state index is 14.0. The van der Waals surface area contributed by atoms with Crippen LogP contribution < -0.4 is 15.0 Å². The van der Waals surface area contributed by atoms with Crippen LogP contribution in [-0.2, 0) is 16.1 Å². The number of thiophene rings is 1. The molecule has 1 N–H and O–H groups in total. The molecular weight excluding hydrogens is 500 g/mol. The topological polar surface area (TPSA) is 102 Å². The highest BCUT2D eigenvalue weighted by atomic mass is 32.1. The van der Waals surface area contributed by atoms with E-state index in [2.05, 4.69) is 20.7 Å². The number of hydrogen-bond donors (Lipinski definition) is 1. The molecule has 0 radical (unpaired) electrons. The normalized spacial score (nSPS) is 14.3. The fourth-order valence-electron chi connectivity index (χ4n) is 4.73. The number of ether oxygens (including phenoxy) is 1. The van der Waals surface area contributed by atoms with E-state index in [4.69, 9.17) is 4.74 Å². The quantitative estimate of drug-likeness (QED) is 0.341. The third kappa shape index (κ3) is 5.75.